The molecule has 0 radical (unpaired) electrons. The summed E-state index contributed by atoms with van der Waals surface area (Å²) in [6.45, 7) is 0.446. The average molecular weight is 306 g/mol. The van der Waals surface area contributed by atoms with Gasteiger partial charge in [-0.05, 0) is 28.1 Å². The van der Waals surface area contributed by atoms with Crippen molar-refractivity contribution < 1.29 is 12.8 Å². The Morgan fingerprint density at radius 1 is 1.50 bits per heavy atom. The molecule has 8 heteroatoms. The van der Waals surface area contributed by atoms with E-state index < -0.39 is 10.0 Å². The third kappa shape index (κ3) is 3.58. The van der Waals surface area contributed by atoms with Crippen LogP contribution in [-0.2, 0) is 10.0 Å². The Hall–Kier alpha value is -0.0800. The third-order valence-corrected chi connectivity index (χ3v) is 3.01. The lowest BCUT2D eigenvalue weighted by molar-refractivity contribution is 0.428. The van der Waals surface area contributed by atoms with Crippen LogP contribution in [0, 0.1) is 0 Å². The monoisotopic (exact) mass is 304 g/mol. The molecule has 0 saturated heterocycles. The van der Waals surface area contributed by atoms with Crippen LogP contribution in [0.3, 0.4) is 0 Å². The van der Waals surface area contributed by atoms with Crippen molar-refractivity contribution in [3.8, 4) is 0 Å². The highest BCUT2D eigenvalue weighted by atomic mass is 79.9. The topological polar surface area (TPSA) is 85.3 Å². The largest absolute Gasteiger partial charge is 0.437 e. The van der Waals surface area contributed by atoms with Gasteiger partial charge in [0.05, 0.1) is 0 Å². The highest BCUT2D eigenvalue weighted by Gasteiger charge is 2.16. The van der Waals surface area contributed by atoms with Crippen LogP contribution in [0.2, 0.25) is 0 Å². The molecule has 1 aromatic rings. The lowest BCUT2D eigenvalue weighted by Gasteiger charge is -2.00. The maximum atomic E-state index is 11.3. The minimum atomic E-state index is -3.53. The molecule has 0 spiro atoms. The van der Waals surface area contributed by atoms with E-state index in [1.54, 1.807) is 0 Å². The molecule has 0 atom stereocenters. The van der Waals surface area contributed by atoms with E-state index in [1.165, 1.54) is 12.1 Å². The Kier molecular flexibility index (Phi) is 5.68. The van der Waals surface area contributed by atoms with Gasteiger partial charge in [0.2, 0.25) is 5.09 Å². The van der Waals surface area contributed by atoms with E-state index in [0.29, 0.717) is 4.67 Å². The summed E-state index contributed by atoms with van der Waals surface area (Å²) in [4.78, 5) is 0. The van der Waals surface area contributed by atoms with Crippen molar-refractivity contribution in [2.45, 2.75) is 5.09 Å². The van der Waals surface area contributed by atoms with E-state index in [2.05, 4.69) is 20.7 Å². The van der Waals surface area contributed by atoms with Gasteiger partial charge in [-0.3, -0.25) is 0 Å². The molecule has 14 heavy (non-hydrogen) atoms. The summed E-state index contributed by atoms with van der Waals surface area (Å²) in [5.41, 5.74) is 5.15. The number of sulfonamides is 1. The quantitative estimate of drug-likeness (QED) is 0.857. The summed E-state index contributed by atoms with van der Waals surface area (Å²) in [7, 11) is -3.53. The molecule has 0 fully saturated rings. The molecule has 0 amide bonds. The van der Waals surface area contributed by atoms with Crippen molar-refractivity contribution >= 4 is 38.4 Å². The maximum Gasteiger partial charge on any atom is 0.274 e. The van der Waals surface area contributed by atoms with Crippen LogP contribution in [0.15, 0.2) is 26.3 Å². The van der Waals surface area contributed by atoms with Gasteiger partial charge in [0.15, 0.2) is 4.67 Å². The van der Waals surface area contributed by atoms with E-state index in [0.717, 1.165) is 0 Å². The molecule has 0 aliphatic carbocycles. The zero-order valence-electron chi connectivity index (χ0n) is 7.07. The number of hydrogen-bond donors (Lipinski definition) is 2. The molecule has 0 aromatic carbocycles. The summed E-state index contributed by atoms with van der Waals surface area (Å²) in [5, 5.41) is -0.118. The Bertz CT molecular complexity index is 378. The minimum absolute atomic E-state index is 0. The minimum Gasteiger partial charge on any atom is -0.437 e. The van der Waals surface area contributed by atoms with Crippen molar-refractivity contribution in [2.24, 2.45) is 5.73 Å². The van der Waals surface area contributed by atoms with Gasteiger partial charge < -0.3 is 10.2 Å². The molecule has 0 aliphatic heterocycles. The van der Waals surface area contributed by atoms with Gasteiger partial charge in [-0.15, -0.1) is 12.4 Å². The Labute approximate surface area is 96.6 Å². The van der Waals surface area contributed by atoms with Crippen molar-refractivity contribution in [2.75, 3.05) is 13.1 Å². The first kappa shape index (κ1) is 13.9. The number of furan rings is 1. The van der Waals surface area contributed by atoms with Gasteiger partial charge in [-0.25, -0.2) is 13.1 Å². The Morgan fingerprint density at radius 2 is 2.14 bits per heavy atom. The summed E-state index contributed by atoms with van der Waals surface area (Å²) in [6.07, 6.45) is 0. The van der Waals surface area contributed by atoms with Crippen LogP contribution in [-0.4, -0.2) is 21.5 Å². The second kappa shape index (κ2) is 5.72. The first-order valence-corrected chi connectivity index (χ1v) is 5.79. The number of hydrogen-bond acceptors (Lipinski definition) is 4. The highest BCUT2D eigenvalue weighted by molar-refractivity contribution is 9.10. The standard InChI is InChI=1S/C6H9BrN2O3S.ClH/c7-5-1-2-6(12-5)13(10,11)9-4-3-8;/h1-2,9H,3-4,8H2;1H. The molecular formula is C6H10BrClN2O3S. The fourth-order valence-corrected chi connectivity index (χ4v) is 2.10. The van der Waals surface area contributed by atoms with E-state index >= 15 is 0 Å². The zero-order valence-corrected chi connectivity index (χ0v) is 10.3. The normalized spacial score (nSPS) is 11.0. The van der Waals surface area contributed by atoms with Crippen LogP contribution >= 0.6 is 28.3 Å². The van der Waals surface area contributed by atoms with Gasteiger partial charge in [-0.2, -0.15) is 0 Å². The number of rotatable bonds is 4. The molecule has 0 unspecified atom stereocenters. The number of halogens is 2. The Balaban J connectivity index is 0.00000169. The molecule has 82 valence electrons. The summed E-state index contributed by atoms with van der Waals surface area (Å²) in [5.74, 6) is 0. The maximum absolute atomic E-state index is 11.3. The first-order chi connectivity index (χ1) is 6.06. The van der Waals surface area contributed by atoms with E-state index in [1.807, 2.05) is 0 Å². The molecule has 0 saturated carbocycles. The summed E-state index contributed by atoms with van der Waals surface area (Å²) < 4.78 is 30.2. The number of nitrogens with one attached hydrogen (secondary N) is 1. The molecule has 1 heterocycles. The lowest BCUT2D eigenvalue weighted by atomic mass is 10.7. The van der Waals surface area contributed by atoms with E-state index in [9.17, 15) is 8.42 Å². The van der Waals surface area contributed by atoms with Gasteiger partial charge >= 0.3 is 0 Å². The highest BCUT2D eigenvalue weighted by Crippen LogP contribution is 2.17. The van der Waals surface area contributed by atoms with Crippen LogP contribution in [0.25, 0.3) is 0 Å². The van der Waals surface area contributed by atoms with Crippen LogP contribution < -0.4 is 10.5 Å². The van der Waals surface area contributed by atoms with Gasteiger partial charge in [0.1, 0.15) is 0 Å². The Morgan fingerprint density at radius 3 is 2.57 bits per heavy atom. The molecule has 1 rings (SSSR count). The molecule has 3 N–H and O–H groups in total. The van der Waals surface area contributed by atoms with E-state index in [-0.39, 0.29) is 30.6 Å². The van der Waals surface area contributed by atoms with Crippen LogP contribution in [0.4, 0.5) is 0 Å². The summed E-state index contributed by atoms with van der Waals surface area (Å²) >= 11 is 3.01. The molecule has 0 aliphatic rings. The second-order valence-corrected chi connectivity index (χ2v) is 4.72. The number of nitrogens with two attached hydrogens (primary N) is 1. The second-order valence-electron chi connectivity index (χ2n) is 2.24. The molecular weight excluding hydrogens is 296 g/mol. The van der Waals surface area contributed by atoms with Crippen molar-refractivity contribution in [3.05, 3.63) is 16.8 Å². The molecule has 1 aromatic heterocycles. The SMILES string of the molecule is Cl.NCCNS(=O)(=O)c1ccc(Br)o1. The lowest BCUT2D eigenvalue weighted by Crippen LogP contribution is -2.28. The van der Waals surface area contributed by atoms with Crippen molar-refractivity contribution in [1.29, 1.82) is 0 Å². The molecule has 0 bridgehead atoms. The van der Waals surface area contributed by atoms with Crippen molar-refractivity contribution in [1.82, 2.24) is 4.72 Å². The van der Waals surface area contributed by atoms with Gasteiger partial charge in [-0.1, -0.05) is 0 Å². The summed E-state index contributed by atoms with van der Waals surface area (Å²) in [6, 6.07) is 2.87. The van der Waals surface area contributed by atoms with E-state index in [4.69, 9.17) is 10.2 Å². The van der Waals surface area contributed by atoms with Crippen LogP contribution in [0.5, 0.6) is 0 Å². The molecule has 5 nitrogen and oxygen atoms in total. The van der Waals surface area contributed by atoms with Crippen molar-refractivity contribution in [3.63, 3.8) is 0 Å². The van der Waals surface area contributed by atoms with Gasteiger partial charge in [0.25, 0.3) is 10.0 Å². The fraction of sp³-hybridized carbons (Fsp3) is 0.333. The zero-order chi connectivity index (χ0) is 9.90. The predicted octanol–water partition coefficient (Wildman–Crippen LogP) is 0.701. The van der Waals surface area contributed by atoms with Gasteiger partial charge in [0, 0.05) is 13.1 Å². The van der Waals surface area contributed by atoms with Crippen LogP contribution in [0.1, 0.15) is 0 Å². The third-order valence-electron chi connectivity index (χ3n) is 1.25. The predicted molar refractivity (Wildman–Crippen MR) is 57.9 cm³/mol. The smallest absolute Gasteiger partial charge is 0.274 e. The first-order valence-electron chi connectivity index (χ1n) is 3.51. The fourth-order valence-electron chi connectivity index (χ4n) is 0.707. The average Bonchev–Trinajstić information content (AvgIpc) is 2.49.